The highest BCUT2D eigenvalue weighted by Crippen LogP contribution is 2.37. The third-order valence-corrected chi connectivity index (χ3v) is 7.57. The normalized spacial score (nSPS) is 11.9. The summed E-state index contributed by atoms with van der Waals surface area (Å²) in [4.78, 5) is 36.5. The van der Waals surface area contributed by atoms with Crippen molar-refractivity contribution in [3.8, 4) is 17.2 Å². The minimum Gasteiger partial charge on any atom is -0.506 e. The zero-order valence-electron chi connectivity index (χ0n) is 19.7. The van der Waals surface area contributed by atoms with E-state index < -0.39 is 29.6 Å². The molecule has 2 aromatic carbocycles. The zero-order valence-corrected chi connectivity index (χ0v) is 28.3. The smallest absolute Gasteiger partial charge is 0.408 e. The van der Waals surface area contributed by atoms with Crippen LogP contribution in [0.2, 0.25) is 0 Å². The number of hydrogen-bond acceptors (Lipinski definition) is 7. The maximum absolute atomic E-state index is 12.4. The number of methoxy groups -OCH3 is 1. The molecule has 2 aromatic rings. The summed E-state index contributed by atoms with van der Waals surface area (Å²) in [5.41, 5.74) is 0.0835. The van der Waals surface area contributed by atoms with Gasteiger partial charge in [0.25, 0.3) is 0 Å². The Morgan fingerprint density at radius 2 is 1.53 bits per heavy atom. The number of phenolic OH excluding ortho intramolecular Hbond substituents is 1. The van der Waals surface area contributed by atoms with Crippen LogP contribution in [0.1, 0.15) is 26.3 Å². The van der Waals surface area contributed by atoms with Gasteiger partial charge in [0.1, 0.15) is 29.7 Å². The molecule has 0 fully saturated rings. The van der Waals surface area contributed by atoms with E-state index >= 15 is 0 Å². The summed E-state index contributed by atoms with van der Waals surface area (Å²) in [7, 11) is 1.24. The number of benzene rings is 2. The molecule has 0 saturated carbocycles. The fraction of sp³-hybridized carbons (Fsp3) is 0.348. The number of carbonyl (C=O) groups is 3. The van der Waals surface area contributed by atoms with Crippen LogP contribution >= 0.6 is 90.4 Å². The molecule has 0 unspecified atom stereocenters. The molecule has 0 spiro atoms. The molecule has 0 radical (unpaired) electrons. The largest absolute Gasteiger partial charge is 0.506 e. The number of esters is 1. The average Bonchev–Trinajstić information content (AvgIpc) is 2.76. The van der Waals surface area contributed by atoms with Gasteiger partial charge in [-0.25, -0.2) is 9.59 Å². The van der Waals surface area contributed by atoms with Crippen LogP contribution in [0.3, 0.4) is 0 Å². The van der Waals surface area contributed by atoms with E-state index in [-0.39, 0.29) is 18.7 Å². The standard InChI is InChI=1S/C23H24I4N2O7/c1-23(2,3)36-22(33)28-10-18(30)29-17(21(32)34-4)7-11-5-15(26)20(16(27)6-11)35-12-8-13(24)19(31)14(25)9-12/h5-6,8-9,17,31H,7,10H2,1-4H3,(H,28,33)(H,29,30)/t17-/m0/s1. The Bertz CT molecular complexity index is 1110. The second kappa shape index (κ2) is 13.8. The highest BCUT2D eigenvalue weighted by Gasteiger charge is 2.24. The van der Waals surface area contributed by atoms with Crippen molar-refractivity contribution in [3.05, 3.63) is 44.1 Å². The Morgan fingerprint density at radius 1 is 0.972 bits per heavy atom. The number of nitrogens with one attached hydrogen (secondary N) is 2. The molecule has 0 aliphatic heterocycles. The lowest BCUT2D eigenvalue weighted by atomic mass is 10.1. The van der Waals surface area contributed by atoms with Gasteiger partial charge in [-0.15, -0.1) is 0 Å². The van der Waals surface area contributed by atoms with Crippen molar-refractivity contribution in [1.29, 1.82) is 0 Å². The highest BCUT2D eigenvalue weighted by atomic mass is 127. The van der Waals surface area contributed by atoms with Gasteiger partial charge >= 0.3 is 12.1 Å². The summed E-state index contributed by atoms with van der Waals surface area (Å²) in [6.45, 7) is 4.79. The molecule has 0 saturated heterocycles. The number of halogens is 4. The van der Waals surface area contributed by atoms with E-state index in [9.17, 15) is 19.5 Å². The molecule has 0 heterocycles. The van der Waals surface area contributed by atoms with Gasteiger partial charge in [-0.3, -0.25) is 4.79 Å². The Hall–Kier alpha value is -0.830. The fourth-order valence-corrected chi connectivity index (χ4v) is 6.66. The molecule has 13 heteroatoms. The van der Waals surface area contributed by atoms with Crippen LogP contribution in [0, 0.1) is 14.3 Å². The third kappa shape index (κ3) is 9.80. The Morgan fingerprint density at radius 3 is 2.03 bits per heavy atom. The lowest BCUT2D eigenvalue weighted by molar-refractivity contribution is -0.144. The molecule has 2 amide bonds. The third-order valence-electron chi connectivity index (χ3n) is 4.32. The van der Waals surface area contributed by atoms with Gasteiger partial charge in [0.2, 0.25) is 5.91 Å². The summed E-state index contributed by atoms with van der Waals surface area (Å²) >= 11 is 8.37. The zero-order chi connectivity index (χ0) is 27.2. The van der Waals surface area contributed by atoms with Gasteiger partial charge in [-0.2, -0.15) is 0 Å². The van der Waals surface area contributed by atoms with Gasteiger partial charge in [0.05, 0.1) is 21.4 Å². The topological polar surface area (TPSA) is 123 Å². The van der Waals surface area contributed by atoms with Crippen molar-refractivity contribution in [1.82, 2.24) is 10.6 Å². The maximum atomic E-state index is 12.4. The number of alkyl carbamates (subject to hydrolysis) is 1. The van der Waals surface area contributed by atoms with Crippen molar-refractivity contribution >= 4 is 108 Å². The second-order valence-corrected chi connectivity index (χ2v) is 13.1. The minimum atomic E-state index is -0.957. The van der Waals surface area contributed by atoms with E-state index in [0.29, 0.717) is 18.6 Å². The number of carbonyl (C=O) groups excluding carboxylic acids is 3. The average molecular weight is 948 g/mol. The predicted molar refractivity (Wildman–Crippen MR) is 167 cm³/mol. The molecule has 3 N–H and O–H groups in total. The van der Waals surface area contributed by atoms with Gasteiger partial charge < -0.3 is 30.0 Å². The first-order valence-corrected chi connectivity index (χ1v) is 14.7. The minimum absolute atomic E-state index is 0.173. The lowest BCUT2D eigenvalue weighted by Crippen LogP contribution is -2.47. The predicted octanol–water partition coefficient (Wildman–Crippen LogP) is 5.33. The van der Waals surface area contributed by atoms with Gasteiger partial charge in [-0.1, -0.05) is 0 Å². The van der Waals surface area contributed by atoms with Gasteiger partial charge in [0, 0.05) is 6.42 Å². The van der Waals surface area contributed by atoms with Crippen molar-refractivity contribution in [2.24, 2.45) is 0 Å². The van der Waals surface area contributed by atoms with E-state index in [1.165, 1.54) is 7.11 Å². The Labute approximate surface area is 263 Å². The fourth-order valence-electron chi connectivity index (χ4n) is 2.83. The lowest BCUT2D eigenvalue weighted by Gasteiger charge is -2.20. The first-order chi connectivity index (χ1) is 16.7. The molecular weight excluding hydrogens is 924 g/mol. The van der Waals surface area contributed by atoms with E-state index in [0.717, 1.165) is 12.7 Å². The summed E-state index contributed by atoms with van der Waals surface area (Å²) in [6.07, 6.45) is -0.559. The van der Waals surface area contributed by atoms with E-state index in [1.807, 2.05) is 57.3 Å². The Kier molecular flexibility index (Phi) is 12.0. The second-order valence-electron chi connectivity index (χ2n) is 8.43. The van der Waals surface area contributed by atoms with Crippen LogP contribution in [0.4, 0.5) is 4.79 Å². The number of rotatable bonds is 8. The van der Waals surface area contributed by atoms with Crippen LogP contribution in [-0.2, 0) is 25.5 Å². The van der Waals surface area contributed by atoms with E-state index in [1.54, 1.807) is 32.9 Å². The maximum Gasteiger partial charge on any atom is 0.408 e. The molecule has 0 aliphatic carbocycles. The van der Waals surface area contributed by atoms with E-state index in [4.69, 9.17) is 14.2 Å². The van der Waals surface area contributed by atoms with Crippen LogP contribution in [0.25, 0.3) is 0 Å². The first kappa shape index (κ1) is 31.4. The summed E-state index contributed by atoms with van der Waals surface area (Å²) in [5.74, 6) is 0.261. The number of amides is 2. The first-order valence-electron chi connectivity index (χ1n) is 10.4. The SMILES string of the molecule is COC(=O)[C@H](Cc1cc(I)c(Oc2cc(I)c(O)c(I)c2)c(I)c1)NC(=O)CNC(=O)OC(C)(C)C. The van der Waals surface area contributed by atoms with Gasteiger partial charge in [0.15, 0.2) is 5.75 Å². The van der Waals surface area contributed by atoms with Crippen molar-refractivity contribution < 1.29 is 33.7 Å². The van der Waals surface area contributed by atoms with Crippen LogP contribution in [0.15, 0.2) is 24.3 Å². The molecule has 0 aromatic heterocycles. The highest BCUT2D eigenvalue weighted by molar-refractivity contribution is 14.1. The molecule has 0 bridgehead atoms. The summed E-state index contributed by atoms with van der Waals surface area (Å²) < 4.78 is 19.0. The van der Waals surface area contributed by atoms with Crippen LogP contribution in [0.5, 0.6) is 17.2 Å². The molecule has 2 rings (SSSR count). The van der Waals surface area contributed by atoms with Gasteiger partial charge in [-0.05, 0) is 141 Å². The molecule has 36 heavy (non-hydrogen) atoms. The van der Waals surface area contributed by atoms with Crippen LogP contribution < -0.4 is 15.4 Å². The monoisotopic (exact) mass is 948 g/mol. The number of phenols is 1. The molecule has 1 atom stereocenters. The Balaban J connectivity index is 2.13. The molecule has 9 nitrogen and oxygen atoms in total. The molecule has 0 aliphatic rings. The molecule has 196 valence electrons. The quantitative estimate of drug-likeness (QED) is 0.242. The number of hydrogen-bond donors (Lipinski definition) is 3. The van der Waals surface area contributed by atoms with Crippen molar-refractivity contribution in [3.63, 3.8) is 0 Å². The summed E-state index contributed by atoms with van der Waals surface area (Å²) in [6, 6.07) is 6.24. The van der Waals surface area contributed by atoms with Crippen molar-refractivity contribution in [2.45, 2.75) is 38.8 Å². The van der Waals surface area contributed by atoms with E-state index in [2.05, 4.69) is 55.8 Å². The summed E-state index contributed by atoms with van der Waals surface area (Å²) in [5, 5.41) is 15.0. The number of aromatic hydroxyl groups is 1. The van der Waals surface area contributed by atoms with Crippen LogP contribution in [-0.4, -0.2) is 48.4 Å². The van der Waals surface area contributed by atoms with Crippen molar-refractivity contribution in [2.75, 3.05) is 13.7 Å². The molecular formula is C23H24I4N2O7. The number of ether oxygens (including phenoxy) is 3.